The number of rotatable bonds is 8. The smallest absolute Gasteiger partial charge is 0.191 e. The Hall–Kier alpha value is -1.66. The van der Waals surface area contributed by atoms with Crippen LogP contribution >= 0.6 is 0 Å². The van der Waals surface area contributed by atoms with Crippen LogP contribution in [-0.4, -0.2) is 63.3 Å². The molecular weight excluding hydrogens is 331 g/mol. The summed E-state index contributed by atoms with van der Waals surface area (Å²) in [4.78, 5) is 7.15. The predicted molar refractivity (Wildman–Crippen MR) is 105 cm³/mol. The minimum atomic E-state index is -0.224. The van der Waals surface area contributed by atoms with Crippen molar-refractivity contribution in [1.82, 2.24) is 15.5 Å². The number of nitrogens with one attached hydrogen (secondary N) is 2. The molecule has 0 aliphatic carbocycles. The molecule has 1 fully saturated rings. The Bertz CT molecular complexity index is 571. The highest BCUT2D eigenvalue weighted by Gasteiger charge is 2.21. The zero-order chi connectivity index (χ0) is 18.8. The lowest BCUT2D eigenvalue weighted by molar-refractivity contribution is 0.0376. The van der Waals surface area contributed by atoms with Gasteiger partial charge in [-0.15, -0.1) is 0 Å². The second kappa shape index (κ2) is 10.5. The first-order valence-electron chi connectivity index (χ1n) is 9.59. The highest BCUT2D eigenvalue weighted by molar-refractivity contribution is 5.79. The topological polar surface area (TPSA) is 48.9 Å². The zero-order valence-corrected chi connectivity index (χ0v) is 16.4. The molecule has 0 amide bonds. The van der Waals surface area contributed by atoms with Gasteiger partial charge < -0.3 is 15.4 Å². The SMILES string of the molecule is CCNC(=NCC(C)(C)c1cccc(F)c1)NCCCN1CCOCC1. The van der Waals surface area contributed by atoms with Crippen molar-refractivity contribution < 1.29 is 9.13 Å². The van der Waals surface area contributed by atoms with E-state index in [2.05, 4.69) is 36.3 Å². The lowest BCUT2D eigenvalue weighted by atomic mass is 9.85. The molecule has 0 unspecified atom stereocenters. The standard InChI is InChI=1S/C20H33FN4O/c1-4-22-19(23-9-6-10-25-11-13-26-14-12-25)24-16-20(2,3)17-7-5-8-18(21)15-17/h5,7-8,15H,4,6,9-14,16H2,1-3H3,(H2,22,23,24). The Kier molecular flexibility index (Phi) is 8.32. The van der Waals surface area contributed by atoms with E-state index in [0.717, 1.165) is 63.9 Å². The third-order valence-electron chi connectivity index (χ3n) is 4.63. The summed E-state index contributed by atoms with van der Waals surface area (Å²) in [6.07, 6.45) is 1.07. The molecule has 1 heterocycles. The summed E-state index contributed by atoms with van der Waals surface area (Å²) in [6, 6.07) is 6.79. The van der Waals surface area contributed by atoms with E-state index < -0.39 is 0 Å². The molecule has 2 N–H and O–H groups in total. The maximum atomic E-state index is 13.5. The Morgan fingerprint density at radius 2 is 2.04 bits per heavy atom. The minimum Gasteiger partial charge on any atom is -0.379 e. The van der Waals surface area contributed by atoms with E-state index in [0.29, 0.717) is 6.54 Å². The van der Waals surface area contributed by atoms with Gasteiger partial charge in [-0.25, -0.2) is 4.39 Å². The van der Waals surface area contributed by atoms with Crippen LogP contribution < -0.4 is 10.6 Å². The number of hydrogen-bond acceptors (Lipinski definition) is 3. The number of hydrogen-bond donors (Lipinski definition) is 2. The van der Waals surface area contributed by atoms with E-state index in [9.17, 15) is 4.39 Å². The van der Waals surface area contributed by atoms with Crippen LogP contribution in [-0.2, 0) is 10.2 Å². The number of aliphatic imine (C=N–C) groups is 1. The largest absolute Gasteiger partial charge is 0.379 e. The van der Waals surface area contributed by atoms with Gasteiger partial charge in [0.15, 0.2) is 5.96 Å². The maximum absolute atomic E-state index is 13.5. The number of morpholine rings is 1. The molecule has 0 atom stereocenters. The van der Waals surface area contributed by atoms with Gasteiger partial charge >= 0.3 is 0 Å². The lowest BCUT2D eigenvalue weighted by Crippen LogP contribution is -2.41. The normalized spacial score (nSPS) is 16.5. The van der Waals surface area contributed by atoms with Crippen LogP contribution in [0, 0.1) is 5.82 Å². The predicted octanol–water partition coefficient (Wildman–Crippen LogP) is 2.38. The van der Waals surface area contributed by atoms with Crippen LogP contribution in [0.4, 0.5) is 4.39 Å². The van der Waals surface area contributed by atoms with Gasteiger partial charge in [-0.2, -0.15) is 0 Å². The molecule has 1 aromatic rings. The van der Waals surface area contributed by atoms with Crippen molar-refractivity contribution in [2.24, 2.45) is 4.99 Å². The molecule has 2 rings (SSSR count). The molecule has 5 nitrogen and oxygen atoms in total. The van der Waals surface area contributed by atoms with Gasteiger partial charge in [-0.1, -0.05) is 26.0 Å². The summed E-state index contributed by atoms with van der Waals surface area (Å²) in [7, 11) is 0. The van der Waals surface area contributed by atoms with Crippen molar-refractivity contribution in [3.8, 4) is 0 Å². The second-order valence-corrected chi connectivity index (χ2v) is 7.32. The van der Waals surface area contributed by atoms with Gasteiger partial charge in [0.05, 0.1) is 19.8 Å². The average Bonchev–Trinajstić information content (AvgIpc) is 2.64. The van der Waals surface area contributed by atoms with Crippen molar-refractivity contribution in [3.63, 3.8) is 0 Å². The number of guanidine groups is 1. The molecule has 1 aliphatic rings. The third kappa shape index (κ3) is 6.92. The molecule has 1 saturated heterocycles. The molecule has 0 bridgehead atoms. The minimum absolute atomic E-state index is 0.201. The zero-order valence-electron chi connectivity index (χ0n) is 16.4. The monoisotopic (exact) mass is 364 g/mol. The van der Waals surface area contributed by atoms with Crippen LogP contribution in [0.3, 0.4) is 0 Å². The first-order chi connectivity index (χ1) is 12.5. The molecule has 0 aromatic heterocycles. The van der Waals surface area contributed by atoms with Crippen LogP contribution in [0.2, 0.25) is 0 Å². The second-order valence-electron chi connectivity index (χ2n) is 7.32. The Morgan fingerprint density at radius 1 is 1.27 bits per heavy atom. The lowest BCUT2D eigenvalue weighted by Gasteiger charge is -2.26. The summed E-state index contributed by atoms with van der Waals surface area (Å²) in [5, 5.41) is 6.69. The van der Waals surface area contributed by atoms with E-state index in [1.54, 1.807) is 12.1 Å². The van der Waals surface area contributed by atoms with E-state index in [1.165, 1.54) is 6.07 Å². The highest BCUT2D eigenvalue weighted by Crippen LogP contribution is 2.24. The Balaban J connectivity index is 1.82. The van der Waals surface area contributed by atoms with Crippen molar-refractivity contribution in [3.05, 3.63) is 35.6 Å². The molecule has 0 spiro atoms. The summed E-state index contributed by atoms with van der Waals surface area (Å²) in [6.45, 7) is 13.3. The highest BCUT2D eigenvalue weighted by atomic mass is 19.1. The van der Waals surface area contributed by atoms with E-state index >= 15 is 0 Å². The van der Waals surface area contributed by atoms with Gasteiger partial charge in [-0.05, 0) is 37.6 Å². The summed E-state index contributed by atoms with van der Waals surface area (Å²) < 4.78 is 18.9. The molecule has 146 valence electrons. The fraction of sp³-hybridized carbons (Fsp3) is 0.650. The number of nitrogens with zero attached hydrogens (tertiary/aromatic N) is 2. The van der Waals surface area contributed by atoms with E-state index in [-0.39, 0.29) is 11.2 Å². The van der Waals surface area contributed by atoms with Crippen molar-refractivity contribution >= 4 is 5.96 Å². The fourth-order valence-electron chi connectivity index (χ4n) is 2.95. The molecule has 6 heteroatoms. The van der Waals surface area contributed by atoms with Crippen LogP contribution in [0.1, 0.15) is 32.8 Å². The molecule has 1 aromatic carbocycles. The van der Waals surface area contributed by atoms with Gasteiger partial charge in [0.1, 0.15) is 5.82 Å². The van der Waals surface area contributed by atoms with Crippen molar-refractivity contribution in [2.45, 2.75) is 32.6 Å². The average molecular weight is 365 g/mol. The van der Waals surface area contributed by atoms with E-state index in [1.807, 2.05) is 6.07 Å². The quantitative estimate of drug-likeness (QED) is 0.422. The number of halogens is 1. The van der Waals surface area contributed by atoms with Gasteiger partial charge in [0, 0.05) is 31.6 Å². The molecule has 26 heavy (non-hydrogen) atoms. The number of benzene rings is 1. The summed E-state index contributed by atoms with van der Waals surface area (Å²) >= 11 is 0. The first kappa shape index (κ1) is 20.6. The number of ether oxygens (including phenoxy) is 1. The Morgan fingerprint density at radius 3 is 2.73 bits per heavy atom. The molecule has 0 radical (unpaired) electrons. The molecule has 1 aliphatic heterocycles. The fourth-order valence-corrected chi connectivity index (χ4v) is 2.95. The molecule has 0 saturated carbocycles. The van der Waals surface area contributed by atoms with E-state index in [4.69, 9.17) is 9.73 Å². The Labute approximate surface area is 157 Å². The van der Waals surface area contributed by atoms with Gasteiger partial charge in [0.25, 0.3) is 0 Å². The van der Waals surface area contributed by atoms with Crippen LogP contribution in [0.5, 0.6) is 0 Å². The van der Waals surface area contributed by atoms with Crippen LogP contribution in [0.15, 0.2) is 29.3 Å². The van der Waals surface area contributed by atoms with Gasteiger partial charge in [-0.3, -0.25) is 9.89 Å². The molecular formula is C20H33FN4O. The maximum Gasteiger partial charge on any atom is 0.191 e. The summed E-state index contributed by atoms with van der Waals surface area (Å²) in [5.74, 6) is 0.617. The first-order valence-corrected chi connectivity index (χ1v) is 9.59. The van der Waals surface area contributed by atoms with Crippen LogP contribution in [0.25, 0.3) is 0 Å². The van der Waals surface area contributed by atoms with Gasteiger partial charge in [0.2, 0.25) is 0 Å². The third-order valence-corrected chi connectivity index (χ3v) is 4.63. The van der Waals surface area contributed by atoms with Crippen molar-refractivity contribution in [1.29, 1.82) is 0 Å². The van der Waals surface area contributed by atoms with Crippen molar-refractivity contribution in [2.75, 3.05) is 52.5 Å². The summed E-state index contributed by atoms with van der Waals surface area (Å²) in [5.41, 5.74) is 0.738.